The number of piperidine rings is 1. The fraction of sp³-hybridized carbons (Fsp3) is 0.550. The molecule has 5 rings (SSSR count). The van der Waals surface area contributed by atoms with Crippen LogP contribution in [0, 0.1) is 0 Å². The fourth-order valence-electron chi connectivity index (χ4n) is 4.23. The molecule has 5 heterocycles. The monoisotopic (exact) mass is 381 g/mol. The predicted molar refractivity (Wildman–Crippen MR) is 106 cm³/mol. The van der Waals surface area contributed by atoms with E-state index in [9.17, 15) is 0 Å². The largest absolute Gasteiger partial charge is 0.378 e. The van der Waals surface area contributed by atoms with Gasteiger partial charge in [0.1, 0.15) is 0 Å². The van der Waals surface area contributed by atoms with Crippen LogP contribution in [0.1, 0.15) is 30.1 Å². The van der Waals surface area contributed by atoms with Crippen LogP contribution in [-0.4, -0.2) is 68.7 Å². The molecule has 0 amide bonds. The molecule has 0 atom stereocenters. The SMILES string of the molecule is Cn1cc(CN2CCC(c3nc4ccc(N5CCOCC5)cn4n3)CC2)cn1. The van der Waals surface area contributed by atoms with E-state index in [1.54, 1.807) is 0 Å². The van der Waals surface area contributed by atoms with E-state index < -0.39 is 0 Å². The fourth-order valence-corrected chi connectivity index (χ4v) is 4.23. The summed E-state index contributed by atoms with van der Waals surface area (Å²) in [5.74, 6) is 1.43. The van der Waals surface area contributed by atoms with Crippen molar-refractivity contribution >= 4 is 11.3 Å². The van der Waals surface area contributed by atoms with Gasteiger partial charge in [0.25, 0.3) is 0 Å². The van der Waals surface area contributed by atoms with Crippen molar-refractivity contribution in [3.05, 3.63) is 42.1 Å². The molecular weight excluding hydrogens is 354 g/mol. The van der Waals surface area contributed by atoms with Crippen molar-refractivity contribution < 1.29 is 4.74 Å². The Bertz CT molecular complexity index is 935. The Kier molecular flexibility index (Phi) is 4.74. The maximum absolute atomic E-state index is 5.45. The number of hydrogen-bond acceptors (Lipinski definition) is 6. The first-order chi connectivity index (χ1) is 13.7. The van der Waals surface area contributed by atoms with Gasteiger partial charge in [-0.2, -0.15) is 10.2 Å². The van der Waals surface area contributed by atoms with E-state index >= 15 is 0 Å². The first-order valence-corrected chi connectivity index (χ1v) is 10.1. The van der Waals surface area contributed by atoms with Gasteiger partial charge in [0.2, 0.25) is 0 Å². The van der Waals surface area contributed by atoms with Gasteiger partial charge >= 0.3 is 0 Å². The lowest BCUT2D eigenvalue weighted by molar-refractivity contribution is 0.122. The number of aromatic nitrogens is 5. The summed E-state index contributed by atoms with van der Waals surface area (Å²) in [5.41, 5.74) is 3.41. The smallest absolute Gasteiger partial charge is 0.155 e. The van der Waals surface area contributed by atoms with E-state index in [1.165, 1.54) is 11.3 Å². The van der Waals surface area contributed by atoms with Crippen LogP contribution in [0.25, 0.3) is 5.65 Å². The zero-order valence-corrected chi connectivity index (χ0v) is 16.4. The average molecular weight is 381 g/mol. The number of anilines is 1. The van der Waals surface area contributed by atoms with Gasteiger partial charge in [-0.1, -0.05) is 0 Å². The van der Waals surface area contributed by atoms with Gasteiger partial charge in [-0.3, -0.25) is 9.58 Å². The van der Waals surface area contributed by atoms with Crippen LogP contribution in [0.2, 0.25) is 0 Å². The zero-order chi connectivity index (χ0) is 18.9. The molecular formula is C20H27N7O. The van der Waals surface area contributed by atoms with Crippen molar-refractivity contribution in [1.82, 2.24) is 29.3 Å². The third kappa shape index (κ3) is 3.62. The second-order valence-corrected chi connectivity index (χ2v) is 7.83. The summed E-state index contributed by atoms with van der Waals surface area (Å²) < 4.78 is 9.27. The van der Waals surface area contributed by atoms with Gasteiger partial charge in [-0.05, 0) is 38.1 Å². The summed E-state index contributed by atoms with van der Waals surface area (Å²) in [5, 5.41) is 9.09. The third-order valence-corrected chi connectivity index (χ3v) is 5.83. The maximum atomic E-state index is 5.45. The third-order valence-electron chi connectivity index (χ3n) is 5.83. The second-order valence-electron chi connectivity index (χ2n) is 7.83. The molecule has 0 spiro atoms. The van der Waals surface area contributed by atoms with Gasteiger partial charge in [-0.25, -0.2) is 9.50 Å². The van der Waals surface area contributed by atoms with Crippen LogP contribution in [0.3, 0.4) is 0 Å². The number of pyridine rings is 1. The van der Waals surface area contributed by atoms with Crippen molar-refractivity contribution in [2.75, 3.05) is 44.3 Å². The molecule has 148 valence electrons. The van der Waals surface area contributed by atoms with Crippen LogP contribution in [0.4, 0.5) is 5.69 Å². The number of aryl methyl sites for hydroxylation is 1. The molecule has 2 aliphatic rings. The minimum absolute atomic E-state index is 0.442. The molecule has 2 aliphatic heterocycles. The van der Waals surface area contributed by atoms with Crippen LogP contribution < -0.4 is 4.90 Å². The lowest BCUT2D eigenvalue weighted by Crippen LogP contribution is -2.36. The lowest BCUT2D eigenvalue weighted by Gasteiger charge is -2.30. The number of ether oxygens (including phenoxy) is 1. The second kappa shape index (κ2) is 7.52. The molecule has 0 aliphatic carbocycles. The number of rotatable bonds is 4. The molecule has 0 bridgehead atoms. The topological polar surface area (TPSA) is 63.7 Å². The highest BCUT2D eigenvalue weighted by atomic mass is 16.5. The Labute approximate surface area is 164 Å². The van der Waals surface area contributed by atoms with Gasteiger partial charge in [0.05, 0.1) is 31.3 Å². The van der Waals surface area contributed by atoms with E-state index in [4.69, 9.17) is 14.8 Å². The molecule has 3 aromatic rings. The Balaban J connectivity index is 1.25. The van der Waals surface area contributed by atoms with Crippen molar-refractivity contribution in [2.45, 2.75) is 25.3 Å². The molecule has 2 saturated heterocycles. The van der Waals surface area contributed by atoms with E-state index in [1.807, 2.05) is 22.4 Å². The molecule has 3 aromatic heterocycles. The molecule has 0 N–H and O–H groups in total. The van der Waals surface area contributed by atoms with E-state index in [0.29, 0.717) is 5.92 Å². The van der Waals surface area contributed by atoms with Crippen LogP contribution in [0.5, 0.6) is 0 Å². The summed E-state index contributed by atoms with van der Waals surface area (Å²) in [6.45, 7) is 6.58. The van der Waals surface area contributed by atoms with Crippen molar-refractivity contribution in [1.29, 1.82) is 0 Å². The van der Waals surface area contributed by atoms with E-state index in [-0.39, 0.29) is 0 Å². The van der Waals surface area contributed by atoms with Gasteiger partial charge in [0, 0.05) is 44.4 Å². The highest BCUT2D eigenvalue weighted by Crippen LogP contribution is 2.27. The highest BCUT2D eigenvalue weighted by molar-refractivity contribution is 5.51. The Hall–Kier alpha value is -2.45. The average Bonchev–Trinajstić information content (AvgIpc) is 3.34. The van der Waals surface area contributed by atoms with E-state index in [2.05, 4.69) is 39.4 Å². The van der Waals surface area contributed by atoms with Gasteiger partial charge in [-0.15, -0.1) is 0 Å². The summed E-state index contributed by atoms with van der Waals surface area (Å²) in [6, 6.07) is 4.23. The first-order valence-electron chi connectivity index (χ1n) is 10.1. The van der Waals surface area contributed by atoms with E-state index in [0.717, 1.165) is 70.3 Å². The minimum atomic E-state index is 0.442. The number of likely N-dealkylation sites (tertiary alicyclic amines) is 1. The van der Waals surface area contributed by atoms with Crippen LogP contribution >= 0.6 is 0 Å². The Morgan fingerprint density at radius 1 is 1.07 bits per heavy atom. The molecule has 2 fully saturated rings. The summed E-state index contributed by atoms with van der Waals surface area (Å²) >= 11 is 0. The van der Waals surface area contributed by atoms with Crippen molar-refractivity contribution in [2.24, 2.45) is 7.05 Å². The van der Waals surface area contributed by atoms with Gasteiger partial charge < -0.3 is 9.64 Å². The standard InChI is InChI=1S/C20H27N7O/c1-24-13-16(12-21-24)14-25-6-4-17(5-7-25)20-22-19-3-2-18(15-27(19)23-20)26-8-10-28-11-9-26/h2-3,12-13,15,17H,4-11,14H2,1H3. The molecule has 0 aromatic carbocycles. The maximum Gasteiger partial charge on any atom is 0.155 e. The van der Waals surface area contributed by atoms with Crippen molar-refractivity contribution in [3.63, 3.8) is 0 Å². The predicted octanol–water partition coefficient (Wildman–Crippen LogP) is 1.68. The molecule has 28 heavy (non-hydrogen) atoms. The molecule has 8 heteroatoms. The lowest BCUT2D eigenvalue weighted by atomic mass is 9.96. The summed E-state index contributed by atoms with van der Waals surface area (Å²) in [7, 11) is 1.97. The van der Waals surface area contributed by atoms with Gasteiger partial charge in [0.15, 0.2) is 11.5 Å². The first kappa shape index (κ1) is 17.6. The number of fused-ring (bicyclic) bond motifs is 1. The number of hydrogen-bond donors (Lipinski definition) is 0. The molecule has 8 nitrogen and oxygen atoms in total. The molecule has 0 saturated carbocycles. The van der Waals surface area contributed by atoms with Crippen LogP contribution in [0.15, 0.2) is 30.7 Å². The number of morpholine rings is 1. The normalized spacial score (nSPS) is 19.5. The van der Waals surface area contributed by atoms with Crippen molar-refractivity contribution in [3.8, 4) is 0 Å². The summed E-state index contributed by atoms with van der Waals surface area (Å²) in [4.78, 5) is 9.66. The minimum Gasteiger partial charge on any atom is -0.378 e. The van der Waals surface area contributed by atoms with Crippen LogP contribution in [-0.2, 0) is 18.3 Å². The Morgan fingerprint density at radius 2 is 1.89 bits per heavy atom. The highest BCUT2D eigenvalue weighted by Gasteiger charge is 2.24. The Morgan fingerprint density at radius 3 is 2.64 bits per heavy atom. The molecule has 0 unspecified atom stereocenters. The quantitative estimate of drug-likeness (QED) is 0.685. The summed E-state index contributed by atoms with van der Waals surface area (Å²) in [6.07, 6.45) is 8.37. The molecule has 0 radical (unpaired) electrons. The zero-order valence-electron chi connectivity index (χ0n) is 16.4. The number of nitrogens with zero attached hydrogens (tertiary/aromatic N) is 7.